The molecule has 11 heavy (non-hydrogen) atoms. The first kappa shape index (κ1) is 8.62. The van der Waals surface area contributed by atoms with Gasteiger partial charge in [-0.1, -0.05) is 36.9 Å². The van der Waals surface area contributed by atoms with Gasteiger partial charge in [-0.2, -0.15) is 0 Å². The largest absolute Gasteiger partial charge is 0.130 e. The molecule has 0 saturated carbocycles. The number of rotatable bonds is 3. The molecule has 0 amide bonds. The van der Waals surface area contributed by atoms with Gasteiger partial charge in [0.1, 0.15) is 0 Å². The average molecular weight is 180 g/mol. The Hall–Kier alpha value is -0.473. The summed E-state index contributed by atoms with van der Waals surface area (Å²) in [5.74, 6) is 0. The molecule has 0 spiro atoms. The summed E-state index contributed by atoms with van der Waals surface area (Å²) in [6.45, 7) is 4.00. The summed E-state index contributed by atoms with van der Waals surface area (Å²) in [6.07, 6.45) is 0. The molecule has 1 aromatic rings. The van der Waals surface area contributed by atoms with E-state index in [-0.39, 0.29) is 0 Å². The van der Waals surface area contributed by atoms with E-state index in [4.69, 9.17) is 0 Å². The Balaban J connectivity index is 2.69. The summed E-state index contributed by atoms with van der Waals surface area (Å²) in [4.78, 5) is 1.20. The van der Waals surface area contributed by atoms with Gasteiger partial charge in [0.25, 0.3) is 0 Å². The van der Waals surface area contributed by atoms with E-state index < -0.39 is 0 Å². The number of hydrogen-bond acceptors (Lipinski definition) is 1. The van der Waals surface area contributed by atoms with Crippen LogP contribution in [-0.2, 0) is 0 Å². The summed E-state index contributed by atoms with van der Waals surface area (Å²) in [5.41, 5.74) is 1.26. The molecule has 0 unspecified atom stereocenters. The summed E-state index contributed by atoms with van der Waals surface area (Å²) in [6, 6.07) is 10.3. The normalized spacial score (nSPS) is 9.82. The van der Waals surface area contributed by atoms with Crippen molar-refractivity contribution in [3.8, 4) is 0 Å². The third kappa shape index (κ3) is 2.56. The Morgan fingerprint density at radius 2 is 2.00 bits per heavy atom. The molecule has 0 aliphatic rings. The first-order valence-corrected chi connectivity index (χ1v) is 6.11. The first-order chi connectivity index (χ1) is 5.34. The molecular formula is C9H12SSi. The van der Waals surface area contributed by atoms with Crippen molar-refractivity contribution in [1.82, 2.24) is 0 Å². The highest BCUT2D eigenvalue weighted by Crippen LogP contribution is 2.23. The molecule has 0 aliphatic heterocycles. The van der Waals surface area contributed by atoms with Gasteiger partial charge in [0.15, 0.2) is 0 Å². The minimum absolute atomic E-state index is 1.20. The first-order valence-electron chi connectivity index (χ1n) is 3.71. The Morgan fingerprint density at radius 3 is 2.55 bits per heavy atom. The van der Waals surface area contributed by atoms with Gasteiger partial charge < -0.3 is 0 Å². The third-order valence-corrected chi connectivity index (χ3v) is 3.15. The fourth-order valence-electron chi connectivity index (χ4n) is 0.882. The van der Waals surface area contributed by atoms with Gasteiger partial charge in [-0.25, -0.2) is 0 Å². The molecule has 0 aliphatic carbocycles. The van der Waals surface area contributed by atoms with Crippen LogP contribution in [0.4, 0.5) is 0 Å². The summed E-state index contributed by atoms with van der Waals surface area (Å²) in [7, 11) is 1.24. The number of hydrogen-bond donors (Lipinski definition) is 0. The van der Waals surface area contributed by atoms with Crippen molar-refractivity contribution in [3.05, 3.63) is 42.5 Å². The average Bonchev–Trinajstić information content (AvgIpc) is 2.07. The van der Waals surface area contributed by atoms with Crippen LogP contribution in [0.5, 0.6) is 0 Å². The zero-order valence-corrected chi connectivity index (χ0v) is 9.53. The van der Waals surface area contributed by atoms with Crippen LogP contribution in [0.2, 0.25) is 0 Å². The number of benzene rings is 1. The maximum atomic E-state index is 4.00. The zero-order chi connectivity index (χ0) is 8.10. The molecule has 0 fully saturated rings. The monoisotopic (exact) mass is 180 g/mol. The van der Waals surface area contributed by atoms with Gasteiger partial charge in [0.05, 0.1) is 0 Å². The van der Waals surface area contributed by atoms with Crippen LogP contribution in [0.15, 0.2) is 36.9 Å². The Bertz CT molecular complexity index is 231. The van der Waals surface area contributed by atoms with E-state index >= 15 is 0 Å². The molecule has 0 radical (unpaired) electrons. The van der Waals surface area contributed by atoms with Crippen LogP contribution in [0.3, 0.4) is 0 Å². The van der Waals surface area contributed by atoms with Crippen LogP contribution in [-0.4, -0.2) is 15.6 Å². The topological polar surface area (TPSA) is 0 Å². The lowest BCUT2D eigenvalue weighted by atomic mass is 10.2. The molecule has 0 heterocycles. The summed E-state index contributed by atoms with van der Waals surface area (Å²) in [5, 5.41) is 1.23. The van der Waals surface area contributed by atoms with Crippen molar-refractivity contribution in [3.63, 3.8) is 0 Å². The minimum atomic E-state index is 1.20. The second-order valence-corrected chi connectivity index (χ2v) is 5.31. The van der Waals surface area contributed by atoms with Gasteiger partial charge in [-0.05, 0) is 10.9 Å². The minimum Gasteiger partial charge on any atom is -0.130 e. The quantitative estimate of drug-likeness (QED) is 0.638. The van der Waals surface area contributed by atoms with Crippen molar-refractivity contribution < 1.29 is 0 Å². The predicted octanol–water partition coefficient (Wildman–Crippen LogP) is 1.71. The highest BCUT2D eigenvalue weighted by molar-refractivity contribution is 8.09. The van der Waals surface area contributed by atoms with E-state index in [1.54, 1.807) is 0 Å². The molecule has 1 aromatic carbocycles. The molecule has 0 bridgehead atoms. The second kappa shape index (κ2) is 4.41. The fraction of sp³-hybridized carbons (Fsp3) is 0.111. The van der Waals surface area contributed by atoms with Crippen LogP contribution >= 0.6 is 11.8 Å². The maximum Gasteiger partial charge on any atom is 0.0158 e. The van der Waals surface area contributed by atoms with Gasteiger partial charge in [0.2, 0.25) is 0 Å². The summed E-state index contributed by atoms with van der Waals surface area (Å²) >= 11 is 1.85. The van der Waals surface area contributed by atoms with Gasteiger partial charge in [-0.15, -0.1) is 11.8 Å². The van der Waals surface area contributed by atoms with Crippen molar-refractivity contribution in [2.45, 2.75) is 0 Å². The van der Waals surface area contributed by atoms with E-state index in [1.807, 2.05) is 30.0 Å². The van der Waals surface area contributed by atoms with E-state index in [9.17, 15) is 0 Å². The Morgan fingerprint density at radius 1 is 1.36 bits per heavy atom. The van der Waals surface area contributed by atoms with Crippen molar-refractivity contribution in [2.75, 3.05) is 5.38 Å². The molecule has 0 aromatic heterocycles. The van der Waals surface area contributed by atoms with Gasteiger partial charge >= 0.3 is 0 Å². The van der Waals surface area contributed by atoms with Gasteiger partial charge in [-0.3, -0.25) is 0 Å². The third-order valence-electron chi connectivity index (χ3n) is 1.41. The van der Waals surface area contributed by atoms with Crippen LogP contribution in [0.25, 0.3) is 4.91 Å². The predicted molar refractivity (Wildman–Crippen MR) is 57.9 cm³/mol. The Labute approximate surface area is 75.1 Å². The highest BCUT2D eigenvalue weighted by atomic mass is 32.2. The SMILES string of the molecule is C=C(SC[SiH3])c1ccccc1. The lowest BCUT2D eigenvalue weighted by Gasteiger charge is -2.01. The van der Waals surface area contributed by atoms with Crippen molar-refractivity contribution in [2.24, 2.45) is 0 Å². The van der Waals surface area contributed by atoms with Crippen LogP contribution in [0.1, 0.15) is 5.56 Å². The van der Waals surface area contributed by atoms with Gasteiger partial charge in [0, 0.05) is 15.1 Å². The van der Waals surface area contributed by atoms with Crippen molar-refractivity contribution >= 4 is 26.9 Å². The molecular weight excluding hydrogens is 168 g/mol. The molecule has 0 N–H and O–H groups in total. The summed E-state index contributed by atoms with van der Waals surface area (Å²) < 4.78 is 0. The molecule has 58 valence electrons. The van der Waals surface area contributed by atoms with E-state index in [0.29, 0.717) is 0 Å². The fourth-order valence-corrected chi connectivity index (χ4v) is 2.58. The number of thioether (sulfide) groups is 1. The standard InChI is InChI=1S/C9H12SSi/c1-8(10-7-11)9-5-3-2-4-6-9/h2-6H,1,7H2,11H3. The zero-order valence-electron chi connectivity index (χ0n) is 6.71. The lowest BCUT2D eigenvalue weighted by Crippen LogP contribution is -1.79. The lowest BCUT2D eigenvalue weighted by molar-refractivity contribution is 1.66. The molecule has 1 rings (SSSR count). The molecule has 0 atom stereocenters. The molecule has 0 saturated heterocycles. The second-order valence-electron chi connectivity index (χ2n) is 2.22. The molecule has 0 nitrogen and oxygen atoms in total. The van der Waals surface area contributed by atoms with E-state index in [0.717, 1.165) is 0 Å². The van der Waals surface area contributed by atoms with E-state index in [2.05, 4.69) is 18.7 Å². The smallest absolute Gasteiger partial charge is 0.0158 e. The molecule has 2 heteroatoms. The highest BCUT2D eigenvalue weighted by Gasteiger charge is 1.94. The Kier molecular flexibility index (Phi) is 3.46. The van der Waals surface area contributed by atoms with Crippen LogP contribution in [0, 0.1) is 0 Å². The van der Waals surface area contributed by atoms with Crippen LogP contribution < -0.4 is 0 Å². The van der Waals surface area contributed by atoms with E-state index in [1.165, 1.54) is 26.1 Å². The van der Waals surface area contributed by atoms with Crippen molar-refractivity contribution in [1.29, 1.82) is 0 Å². The maximum absolute atomic E-state index is 4.00.